The third-order valence-corrected chi connectivity index (χ3v) is 4.20. The summed E-state index contributed by atoms with van der Waals surface area (Å²) in [6.07, 6.45) is 18.7. The van der Waals surface area contributed by atoms with Crippen molar-refractivity contribution in [2.24, 2.45) is 0 Å². The molecule has 1 atom stereocenters. The van der Waals surface area contributed by atoms with Crippen molar-refractivity contribution in [2.75, 3.05) is 13.2 Å². The van der Waals surface area contributed by atoms with Gasteiger partial charge in [0.25, 0.3) is 0 Å². The van der Waals surface area contributed by atoms with Gasteiger partial charge in [-0.25, -0.2) is 0 Å². The molecule has 1 unspecified atom stereocenters. The normalized spacial score (nSPS) is 12.7. The summed E-state index contributed by atoms with van der Waals surface area (Å²) >= 11 is 0. The first-order valence-electron chi connectivity index (χ1n) is 10.0. The Labute approximate surface area is 140 Å². The Morgan fingerprint density at radius 3 is 1.18 bits per heavy atom. The minimum absolute atomic E-state index is 0.0276. The van der Waals surface area contributed by atoms with Crippen LogP contribution in [0.1, 0.15) is 111 Å². The van der Waals surface area contributed by atoms with Crippen LogP contribution in [0.4, 0.5) is 0 Å². The van der Waals surface area contributed by atoms with E-state index in [1.807, 2.05) is 6.92 Å². The Morgan fingerprint density at radius 2 is 0.818 bits per heavy atom. The maximum absolute atomic E-state index is 5.71. The van der Waals surface area contributed by atoms with Gasteiger partial charge >= 0.3 is 0 Å². The molecule has 134 valence electrons. The molecule has 0 saturated heterocycles. The molecule has 0 aromatic rings. The fraction of sp³-hybridized carbons (Fsp3) is 1.00. The lowest BCUT2D eigenvalue weighted by molar-refractivity contribution is -0.131. The largest absolute Gasteiger partial charge is 0.353 e. The quantitative estimate of drug-likeness (QED) is 0.203. The molecule has 0 aliphatic heterocycles. The van der Waals surface area contributed by atoms with E-state index in [4.69, 9.17) is 9.47 Å². The molecule has 0 spiro atoms. The second-order valence-corrected chi connectivity index (χ2v) is 6.55. The lowest BCUT2D eigenvalue weighted by atomic mass is 10.1. The number of unbranched alkanes of at least 4 members (excludes halogenated alkanes) is 12. The topological polar surface area (TPSA) is 18.5 Å². The first kappa shape index (κ1) is 21.9. The second kappa shape index (κ2) is 19.0. The van der Waals surface area contributed by atoms with Gasteiger partial charge in [-0.2, -0.15) is 0 Å². The number of rotatable bonds is 18. The zero-order valence-corrected chi connectivity index (χ0v) is 15.7. The van der Waals surface area contributed by atoms with Crippen LogP contribution < -0.4 is 0 Å². The third-order valence-electron chi connectivity index (χ3n) is 4.20. The third kappa shape index (κ3) is 18.0. The molecule has 0 aromatic heterocycles. The highest BCUT2D eigenvalue weighted by Crippen LogP contribution is 2.09. The van der Waals surface area contributed by atoms with Gasteiger partial charge in [0.2, 0.25) is 0 Å². The van der Waals surface area contributed by atoms with E-state index >= 15 is 0 Å². The molecule has 0 fully saturated rings. The van der Waals surface area contributed by atoms with Crippen molar-refractivity contribution in [3.8, 4) is 0 Å². The zero-order chi connectivity index (χ0) is 16.3. The van der Waals surface area contributed by atoms with Crippen LogP contribution in [-0.4, -0.2) is 19.5 Å². The summed E-state index contributed by atoms with van der Waals surface area (Å²) in [5.74, 6) is 0. The average Bonchev–Trinajstić information content (AvgIpc) is 2.52. The minimum Gasteiger partial charge on any atom is -0.353 e. The van der Waals surface area contributed by atoms with Gasteiger partial charge in [0.15, 0.2) is 6.29 Å². The summed E-state index contributed by atoms with van der Waals surface area (Å²) in [7, 11) is 0. The van der Waals surface area contributed by atoms with Gasteiger partial charge in [0, 0.05) is 13.2 Å². The van der Waals surface area contributed by atoms with Gasteiger partial charge in [-0.1, -0.05) is 90.9 Å². The highest BCUT2D eigenvalue weighted by molar-refractivity contribution is 4.47. The highest BCUT2D eigenvalue weighted by Gasteiger charge is 2.01. The summed E-state index contributed by atoms with van der Waals surface area (Å²) < 4.78 is 11.4. The van der Waals surface area contributed by atoms with Gasteiger partial charge < -0.3 is 9.47 Å². The van der Waals surface area contributed by atoms with Crippen LogP contribution >= 0.6 is 0 Å². The van der Waals surface area contributed by atoms with Crippen LogP contribution in [0, 0.1) is 0 Å². The average molecular weight is 315 g/mol. The first-order valence-corrected chi connectivity index (χ1v) is 10.0. The summed E-state index contributed by atoms with van der Waals surface area (Å²) in [5.41, 5.74) is 0. The number of ether oxygens (including phenoxy) is 2. The maximum atomic E-state index is 5.71. The Morgan fingerprint density at radius 1 is 0.500 bits per heavy atom. The van der Waals surface area contributed by atoms with Crippen molar-refractivity contribution in [3.63, 3.8) is 0 Å². The van der Waals surface area contributed by atoms with Crippen LogP contribution in [-0.2, 0) is 9.47 Å². The molecule has 0 heterocycles. The molecule has 0 aliphatic carbocycles. The van der Waals surface area contributed by atoms with Crippen LogP contribution in [0.25, 0.3) is 0 Å². The van der Waals surface area contributed by atoms with Crippen molar-refractivity contribution in [3.05, 3.63) is 0 Å². The Bertz CT molecular complexity index is 194. The van der Waals surface area contributed by atoms with Crippen molar-refractivity contribution in [1.82, 2.24) is 0 Å². The SMILES string of the molecule is CCCCCCCCCCOC(C)OCCCCCCCC. The lowest BCUT2D eigenvalue weighted by Gasteiger charge is -2.14. The molecule has 0 aliphatic rings. The Hall–Kier alpha value is -0.0800. The number of hydrogen-bond acceptors (Lipinski definition) is 2. The standard InChI is InChI=1S/C20H42O2/c1-4-6-8-10-12-13-15-17-19-22-20(3)21-18-16-14-11-9-7-5-2/h20H,4-19H2,1-3H3. The van der Waals surface area contributed by atoms with E-state index in [0.29, 0.717) is 0 Å². The molecule has 0 aromatic carbocycles. The van der Waals surface area contributed by atoms with Crippen LogP contribution in [0.3, 0.4) is 0 Å². The number of hydrogen-bond donors (Lipinski definition) is 0. The van der Waals surface area contributed by atoms with Gasteiger partial charge in [-0.3, -0.25) is 0 Å². The summed E-state index contributed by atoms with van der Waals surface area (Å²) in [6, 6.07) is 0. The zero-order valence-electron chi connectivity index (χ0n) is 15.7. The van der Waals surface area contributed by atoms with Gasteiger partial charge in [-0.05, 0) is 19.8 Å². The van der Waals surface area contributed by atoms with Crippen LogP contribution in [0.2, 0.25) is 0 Å². The molecule has 0 saturated carbocycles. The van der Waals surface area contributed by atoms with Gasteiger partial charge in [-0.15, -0.1) is 0 Å². The lowest BCUT2D eigenvalue weighted by Crippen LogP contribution is -2.14. The first-order chi connectivity index (χ1) is 10.8. The van der Waals surface area contributed by atoms with Crippen LogP contribution in [0.15, 0.2) is 0 Å². The van der Waals surface area contributed by atoms with E-state index in [0.717, 1.165) is 13.2 Å². The predicted octanol–water partition coefficient (Wildman–Crippen LogP) is 6.87. The van der Waals surface area contributed by atoms with Gasteiger partial charge in [0.05, 0.1) is 0 Å². The molecular weight excluding hydrogens is 272 g/mol. The Balaban J connectivity index is 3.11. The summed E-state index contributed by atoms with van der Waals surface area (Å²) in [5, 5.41) is 0. The molecule has 0 radical (unpaired) electrons. The van der Waals surface area contributed by atoms with Gasteiger partial charge in [0.1, 0.15) is 0 Å². The minimum atomic E-state index is -0.0276. The molecule has 2 nitrogen and oxygen atoms in total. The Kier molecular flexibility index (Phi) is 18.9. The molecule has 0 bridgehead atoms. The van der Waals surface area contributed by atoms with E-state index in [1.165, 1.54) is 89.9 Å². The smallest absolute Gasteiger partial charge is 0.154 e. The molecule has 22 heavy (non-hydrogen) atoms. The van der Waals surface area contributed by atoms with Crippen molar-refractivity contribution in [1.29, 1.82) is 0 Å². The van der Waals surface area contributed by atoms with E-state index < -0.39 is 0 Å². The molecule has 2 heteroatoms. The summed E-state index contributed by atoms with van der Waals surface area (Å²) in [6.45, 7) is 8.26. The maximum Gasteiger partial charge on any atom is 0.154 e. The van der Waals surface area contributed by atoms with Crippen LogP contribution in [0.5, 0.6) is 0 Å². The molecular formula is C20H42O2. The van der Waals surface area contributed by atoms with E-state index in [1.54, 1.807) is 0 Å². The van der Waals surface area contributed by atoms with E-state index in [9.17, 15) is 0 Å². The fourth-order valence-electron chi connectivity index (χ4n) is 2.67. The van der Waals surface area contributed by atoms with Crippen molar-refractivity contribution >= 4 is 0 Å². The monoisotopic (exact) mass is 314 g/mol. The fourth-order valence-corrected chi connectivity index (χ4v) is 2.67. The summed E-state index contributed by atoms with van der Waals surface area (Å²) in [4.78, 5) is 0. The van der Waals surface area contributed by atoms with E-state index in [-0.39, 0.29) is 6.29 Å². The van der Waals surface area contributed by atoms with E-state index in [2.05, 4.69) is 13.8 Å². The second-order valence-electron chi connectivity index (χ2n) is 6.55. The highest BCUT2D eigenvalue weighted by atomic mass is 16.7. The molecule has 0 amide bonds. The van der Waals surface area contributed by atoms with Crippen molar-refractivity contribution < 1.29 is 9.47 Å². The molecule has 0 rings (SSSR count). The molecule has 0 N–H and O–H groups in total. The van der Waals surface area contributed by atoms with Crippen molar-refractivity contribution in [2.45, 2.75) is 117 Å². The predicted molar refractivity (Wildman–Crippen MR) is 97.4 cm³/mol.